The van der Waals surface area contributed by atoms with Gasteiger partial charge in [-0.05, 0) is 25.4 Å². The predicted molar refractivity (Wildman–Crippen MR) is 65.1 cm³/mol. The summed E-state index contributed by atoms with van der Waals surface area (Å²) in [6, 6.07) is 0. The van der Waals surface area contributed by atoms with Crippen LogP contribution in [0.5, 0.6) is 0 Å². The van der Waals surface area contributed by atoms with E-state index in [-0.39, 0.29) is 0 Å². The Kier molecular flexibility index (Phi) is 8.49. The molecule has 0 saturated carbocycles. The summed E-state index contributed by atoms with van der Waals surface area (Å²) in [5, 5.41) is 3.76. The van der Waals surface area contributed by atoms with Gasteiger partial charge in [-0.1, -0.05) is 33.6 Å². The van der Waals surface area contributed by atoms with Gasteiger partial charge in [-0.2, -0.15) is 0 Å². The molecule has 0 rings (SSSR count). The highest BCUT2D eigenvalue weighted by Crippen LogP contribution is 2.05. The molecule has 14 heavy (non-hydrogen) atoms. The molecule has 0 aromatic carbocycles. The van der Waals surface area contributed by atoms with Crippen LogP contribution >= 0.6 is 0 Å². The molecule has 3 heteroatoms. The molecule has 1 N–H and O–H groups in total. The van der Waals surface area contributed by atoms with Crippen molar-refractivity contribution in [1.82, 2.24) is 5.32 Å². The lowest BCUT2D eigenvalue weighted by atomic mass is 10.0. The normalized spacial score (nSPS) is 15.8. The predicted octanol–water partition coefficient (Wildman–Crippen LogP) is 2.17. The summed E-state index contributed by atoms with van der Waals surface area (Å²) in [6.07, 6.45) is 5.30. The van der Waals surface area contributed by atoms with E-state index in [0.717, 1.165) is 25.4 Å². The molecule has 0 bridgehead atoms. The first-order chi connectivity index (χ1) is 6.61. The quantitative estimate of drug-likeness (QED) is 0.634. The Morgan fingerprint density at radius 1 is 1.29 bits per heavy atom. The van der Waals surface area contributed by atoms with Gasteiger partial charge >= 0.3 is 0 Å². The Morgan fingerprint density at radius 3 is 2.29 bits per heavy atom. The summed E-state index contributed by atoms with van der Waals surface area (Å²) >= 11 is 0. The fraction of sp³-hybridized carbons (Fsp3) is 1.00. The second kappa shape index (κ2) is 8.42. The smallest absolute Gasteiger partial charge is 0.0329 e. The van der Waals surface area contributed by atoms with E-state index in [4.69, 9.17) is 0 Å². The van der Waals surface area contributed by atoms with Crippen LogP contribution in [0.4, 0.5) is 0 Å². The van der Waals surface area contributed by atoms with E-state index >= 15 is 0 Å². The summed E-state index contributed by atoms with van der Waals surface area (Å²) in [5.41, 5.74) is 0. The van der Waals surface area contributed by atoms with Gasteiger partial charge in [0.05, 0.1) is 0 Å². The Bertz CT molecular complexity index is 157. The maximum absolute atomic E-state index is 11.1. The summed E-state index contributed by atoms with van der Waals surface area (Å²) in [6.45, 7) is 8.63. The molecule has 0 aliphatic heterocycles. The zero-order valence-electron chi connectivity index (χ0n) is 10.0. The second-order valence-corrected chi connectivity index (χ2v) is 5.79. The number of hydrogen-bond donors (Lipinski definition) is 1. The first-order valence-corrected chi connectivity index (χ1v) is 7.26. The van der Waals surface area contributed by atoms with Crippen LogP contribution in [0.15, 0.2) is 0 Å². The first-order valence-electron chi connectivity index (χ1n) is 5.64. The average Bonchev–Trinajstić information content (AvgIpc) is 2.17. The van der Waals surface area contributed by atoms with Crippen LogP contribution in [0.25, 0.3) is 0 Å². The lowest BCUT2D eigenvalue weighted by Gasteiger charge is -2.14. The van der Waals surface area contributed by atoms with Crippen molar-refractivity contribution >= 4 is 10.8 Å². The van der Waals surface area contributed by atoms with E-state index in [1.54, 1.807) is 6.26 Å². The molecule has 2 atom stereocenters. The van der Waals surface area contributed by atoms with E-state index in [0.29, 0.717) is 5.25 Å². The van der Waals surface area contributed by atoms with Crippen molar-refractivity contribution in [3.8, 4) is 0 Å². The van der Waals surface area contributed by atoms with E-state index < -0.39 is 10.8 Å². The van der Waals surface area contributed by atoms with Gasteiger partial charge in [0.2, 0.25) is 0 Å². The molecule has 86 valence electrons. The van der Waals surface area contributed by atoms with Gasteiger partial charge in [0.25, 0.3) is 0 Å². The zero-order valence-corrected chi connectivity index (χ0v) is 10.8. The lowest BCUT2D eigenvalue weighted by molar-refractivity contribution is 0.447. The molecule has 2 nitrogen and oxygen atoms in total. The van der Waals surface area contributed by atoms with Crippen LogP contribution in [0.3, 0.4) is 0 Å². The third-order valence-corrected chi connectivity index (χ3v) is 4.25. The largest absolute Gasteiger partial charge is 0.316 e. The van der Waals surface area contributed by atoms with Crippen LogP contribution < -0.4 is 5.32 Å². The Balaban J connectivity index is 3.41. The summed E-state index contributed by atoms with van der Waals surface area (Å²) < 4.78 is 11.1. The van der Waals surface area contributed by atoms with Gasteiger partial charge in [0, 0.05) is 22.3 Å². The van der Waals surface area contributed by atoms with E-state index in [1.165, 1.54) is 12.8 Å². The standard InChI is InChI=1S/C11H25NOS/c1-5-11(6-2)9-12-8-7-10(3)14(4)13/h10-12H,5-9H2,1-4H3. The molecule has 0 aromatic rings. The number of hydrogen-bond acceptors (Lipinski definition) is 2. The fourth-order valence-corrected chi connectivity index (χ4v) is 1.80. The SMILES string of the molecule is CCC(CC)CNCCC(C)S(C)=O. The molecule has 0 amide bonds. The van der Waals surface area contributed by atoms with E-state index in [1.807, 2.05) is 0 Å². The fourth-order valence-electron chi connectivity index (χ4n) is 1.35. The average molecular weight is 219 g/mol. The van der Waals surface area contributed by atoms with Crippen LogP contribution in [0, 0.1) is 5.92 Å². The first kappa shape index (κ1) is 14.1. The number of nitrogens with one attached hydrogen (secondary N) is 1. The molecule has 0 heterocycles. The summed E-state index contributed by atoms with van der Waals surface area (Å²) in [7, 11) is -0.668. The van der Waals surface area contributed by atoms with Gasteiger partial charge in [-0.15, -0.1) is 0 Å². The van der Waals surface area contributed by atoms with Gasteiger partial charge in [0.15, 0.2) is 0 Å². The molecule has 0 fully saturated rings. The molecule has 0 saturated heterocycles. The third-order valence-electron chi connectivity index (χ3n) is 2.88. The van der Waals surface area contributed by atoms with Crippen LogP contribution in [0.1, 0.15) is 40.0 Å². The van der Waals surface area contributed by atoms with Crippen molar-refractivity contribution < 1.29 is 4.21 Å². The van der Waals surface area contributed by atoms with E-state index in [9.17, 15) is 4.21 Å². The molecule has 0 radical (unpaired) electrons. The van der Waals surface area contributed by atoms with Gasteiger partial charge in [0.1, 0.15) is 0 Å². The van der Waals surface area contributed by atoms with Crippen LogP contribution in [-0.2, 0) is 10.8 Å². The maximum atomic E-state index is 11.1. The van der Waals surface area contributed by atoms with Crippen LogP contribution in [-0.4, -0.2) is 28.8 Å². The summed E-state index contributed by atoms with van der Waals surface area (Å²) in [5.74, 6) is 0.803. The van der Waals surface area contributed by atoms with Crippen molar-refractivity contribution in [1.29, 1.82) is 0 Å². The minimum absolute atomic E-state index is 0.323. The Labute approximate surface area is 91.3 Å². The van der Waals surface area contributed by atoms with Crippen molar-refractivity contribution in [2.45, 2.75) is 45.3 Å². The van der Waals surface area contributed by atoms with Gasteiger partial charge in [-0.25, -0.2) is 0 Å². The molecular weight excluding hydrogens is 194 g/mol. The highest BCUT2D eigenvalue weighted by Gasteiger charge is 2.06. The highest BCUT2D eigenvalue weighted by molar-refractivity contribution is 7.84. The Morgan fingerprint density at radius 2 is 1.86 bits per heavy atom. The van der Waals surface area contributed by atoms with Gasteiger partial charge in [-0.3, -0.25) is 4.21 Å². The minimum atomic E-state index is -0.668. The maximum Gasteiger partial charge on any atom is 0.0329 e. The molecule has 0 aliphatic rings. The van der Waals surface area contributed by atoms with Crippen molar-refractivity contribution in [2.75, 3.05) is 19.3 Å². The topological polar surface area (TPSA) is 29.1 Å². The lowest BCUT2D eigenvalue weighted by Crippen LogP contribution is -2.26. The zero-order chi connectivity index (χ0) is 11.0. The van der Waals surface area contributed by atoms with Crippen molar-refractivity contribution in [2.24, 2.45) is 5.92 Å². The van der Waals surface area contributed by atoms with E-state index in [2.05, 4.69) is 26.1 Å². The number of rotatable bonds is 8. The molecule has 0 aromatic heterocycles. The highest BCUT2D eigenvalue weighted by atomic mass is 32.2. The van der Waals surface area contributed by atoms with Crippen LogP contribution in [0.2, 0.25) is 0 Å². The van der Waals surface area contributed by atoms with Crippen molar-refractivity contribution in [3.63, 3.8) is 0 Å². The summed E-state index contributed by atoms with van der Waals surface area (Å²) in [4.78, 5) is 0. The van der Waals surface area contributed by atoms with Gasteiger partial charge < -0.3 is 5.32 Å². The second-order valence-electron chi connectivity index (χ2n) is 3.98. The molecule has 0 spiro atoms. The molecule has 2 unspecified atom stereocenters. The Hall–Kier alpha value is 0.110. The molecule has 0 aliphatic carbocycles. The van der Waals surface area contributed by atoms with Crippen molar-refractivity contribution in [3.05, 3.63) is 0 Å². The minimum Gasteiger partial charge on any atom is -0.316 e. The molecular formula is C11H25NOS. The third kappa shape index (κ3) is 6.55. The monoisotopic (exact) mass is 219 g/mol.